The van der Waals surface area contributed by atoms with Crippen molar-refractivity contribution in [2.75, 3.05) is 12.8 Å². The maximum atomic E-state index is 11.8. The van der Waals surface area contributed by atoms with Crippen molar-refractivity contribution in [2.24, 2.45) is 0 Å². The molecule has 0 saturated carbocycles. The van der Waals surface area contributed by atoms with Crippen LogP contribution in [-0.4, -0.2) is 28.9 Å². The van der Waals surface area contributed by atoms with E-state index in [0.29, 0.717) is 17.4 Å². The molecule has 1 atom stereocenters. The molecule has 88 valence electrons. The minimum Gasteiger partial charge on any atom is -0.351 e. The van der Waals surface area contributed by atoms with Crippen LogP contribution in [0, 0.1) is 0 Å². The van der Waals surface area contributed by atoms with Gasteiger partial charge in [-0.05, 0) is 28.3 Å². The first kappa shape index (κ1) is 13.8. The first-order chi connectivity index (χ1) is 7.54. The van der Waals surface area contributed by atoms with Gasteiger partial charge in [-0.1, -0.05) is 18.5 Å². The number of nitrogens with zero attached hydrogens (tertiary/aromatic N) is 1. The number of hydrogen-bond acceptors (Lipinski definition) is 3. The third-order valence-corrected chi connectivity index (χ3v) is 3.71. The van der Waals surface area contributed by atoms with E-state index in [1.54, 1.807) is 24.0 Å². The van der Waals surface area contributed by atoms with Crippen LogP contribution in [0.5, 0.6) is 0 Å². The van der Waals surface area contributed by atoms with Crippen molar-refractivity contribution in [3.63, 3.8) is 0 Å². The lowest BCUT2D eigenvalue weighted by Crippen LogP contribution is -2.29. The Morgan fingerprint density at radius 1 is 1.75 bits per heavy atom. The maximum Gasteiger partial charge on any atom is 0.254 e. The monoisotopic (exact) mass is 322 g/mol. The summed E-state index contributed by atoms with van der Waals surface area (Å²) >= 11 is 10.8. The Bertz CT molecular complexity index is 389. The molecule has 0 saturated heterocycles. The van der Waals surface area contributed by atoms with Crippen molar-refractivity contribution in [3.05, 3.63) is 27.5 Å². The Morgan fingerprint density at radius 2 is 2.44 bits per heavy atom. The maximum absolute atomic E-state index is 11.8. The van der Waals surface area contributed by atoms with Gasteiger partial charge in [-0.3, -0.25) is 4.79 Å². The summed E-state index contributed by atoms with van der Waals surface area (Å²) in [7, 11) is 0. The van der Waals surface area contributed by atoms with Crippen LogP contribution in [-0.2, 0) is 0 Å². The fourth-order valence-electron chi connectivity index (χ4n) is 0.997. The first-order valence-electron chi connectivity index (χ1n) is 4.66. The van der Waals surface area contributed by atoms with E-state index in [9.17, 15) is 4.79 Å². The summed E-state index contributed by atoms with van der Waals surface area (Å²) in [6, 6.07) is 1.66. The number of amides is 1. The van der Waals surface area contributed by atoms with Crippen LogP contribution in [0.3, 0.4) is 0 Å². The van der Waals surface area contributed by atoms with Gasteiger partial charge in [0.05, 0.1) is 5.56 Å². The molecule has 1 rings (SSSR count). The van der Waals surface area contributed by atoms with Crippen LogP contribution < -0.4 is 5.32 Å². The quantitative estimate of drug-likeness (QED) is 0.866. The average molecular weight is 324 g/mol. The van der Waals surface area contributed by atoms with Crippen LogP contribution in [0.2, 0.25) is 5.15 Å². The third kappa shape index (κ3) is 3.96. The molecule has 1 unspecified atom stereocenters. The molecular weight excluding hydrogens is 312 g/mol. The summed E-state index contributed by atoms with van der Waals surface area (Å²) in [6.45, 7) is 2.66. The van der Waals surface area contributed by atoms with Gasteiger partial charge in [-0.2, -0.15) is 11.8 Å². The molecule has 1 aromatic rings. The molecule has 1 aromatic heterocycles. The van der Waals surface area contributed by atoms with E-state index in [4.69, 9.17) is 11.6 Å². The highest BCUT2D eigenvalue weighted by molar-refractivity contribution is 9.10. The molecule has 1 N–H and O–H groups in total. The summed E-state index contributed by atoms with van der Waals surface area (Å²) in [4.78, 5) is 15.7. The Labute approximate surface area is 112 Å². The number of aromatic nitrogens is 1. The molecule has 1 amide bonds. The van der Waals surface area contributed by atoms with Crippen molar-refractivity contribution in [1.82, 2.24) is 10.3 Å². The molecule has 6 heteroatoms. The number of nitrogens with one attached hydrogen (secondary N) is 1. The summed E-state index contributed by atoms with van der Waals surface area (Å²) in [5.74, 6) is -0.195. The molecule has 0 aliphatic carbocycles. The predicted molar refractivity (Wildman–Crippen MR) is 72.3 cm³/mol. The zero-order valence-corrected chi connectivity index (χ0v) is 12.1. The summed E-state index contributed by atoms with van der Waals surface area (Å²) in [5.41, 5.74) is 0.393. The van der Waals surface area contributed by atoms with E-state index in [-0.39, 0.29) is 11.1 Å². The lowest BCUT2D eigenvalue weighted by Gasteiger charge is -2.10. The summed E-state index contributed by atoms with van der Waals surface area (Å²) in [6.07, 6.45) is 3.56. The Balaban J connectivity index is 2.69. The zero-order chi connectivity index (χ0) is 12.1. The van der Waals surface area contributed by atoms with Crippen LogP contribution in [0.1, 0.15) is 17.3 Å². The van der Waals surface area contributed by atoms with Crippen molar-refractivity contribution in [1.29, 1.82) is 0 Å². The van der Waals surface area contributed by atoms with Crippen molar-refractivity contribution >= 4 is 45.2 Å². The number of thioether (sulfide) groups is 1. The highest BCUT2D eigenvalue weighted by atomic mass is 79.9. The van der Waals surface area contributed by atoms with Gasteiger partial charge in [-0.15, -0.1) is 0 Å². The minimum atomic E-state index is -0.195. The topological polar surface area (TPSA) is 42.0 Å². The molecule has 0 aliphatic heterocycles. The van der Waals surface area contributed by atoms with Gasteiger partial charge in [0.2, 0.25) is 0 Å². The molecule has 3 nitrogen and oxygen atoms in total. The van der Waals surface area contributed by atoms with E-state index in [0.717, 1.165) is 4.47 Å². The fourth-order valence-corrected chi connectivity index (χ4v) is 1.77. The molecule has 1 heterocycles. The van der Waals surface area contributed by atoms with E-state index in [1.807, 2.05) is 13.2 Å². The highest BCUT2D eigenvalue weighted by Crippen LogP contribution is 2.17. The molecule has 0 radical (unpaired) electrons. The minimum absolute atomic E-state index is 0.195. The molecule has 0 aliphatic rings. The lowest BCUT2D eigenvalue weighted by atomic mass is 10.2. The van der Waals surface area contributed by atoms with Gasteiger partial charge in [0.15, 0.2) is 0 Å². The van der Waals surface area contributed by atoms with Crippen LogP contribution >= 0.6 is 39.3 Å². The second-order valence-electron chi connectivity index (χ2n) is 3.25. The number of carbonyl (C=O) groups is 1. The zero-order valence-electron chi connectivity index (χ0n) is 8.96. The van der Waals surface area contributed by atoms with Crippen LogP contribution in [0.4, 0.5) is 0 Å². The summed E-state index contributed by atoms with van der Waals surface area (Å²) in [5, 5.41) is 3.41. The van der Waals surface area contributed by atoms with E-state index >= 15 is 0 Å². The Hall–Kier alpha value is -0.260. The van der Waals surface area contributed by atoms with Crippen LogP contribution in [0.15, 0.2) is 16.7 Å². The molecule has 0 aromatic carbocycles. The smallest absolute Gasteiger partial charge is 0.254 e. The average Bonchev–Trinajstić information content (AvgIpc) is 2.28. The van der Waals surface area contributed by atoms with Gasteiger partial charge < -0.3 is 5.32 Å². The van der Waals surface area contributed by atoms with Crippen molar-refractivity contribution < 1.29 is 4.79 Å². The highest BCUT2D eigenvalue weighted by Gasteiger charge is 2.12. The molecular formula is C10H12BrClN2OS. The van der Waals surface area contributed by atoms with Gasteiger partial charge in [-0.25, -0.2) is 4.98 Å². The van der Waals surface area contributed by atoms with Gasteiger partial charge in [0.1, 0.15) is 5.15 Å². The predicted octanol–water partition coefficient (Wildman–Crippen LogP) is 2.98. The molecule has 0 fully saturated rings. The second-order valence-corrected chi connectivity index (χ2v) is 5.80. The fraction of sp³-hybridized carbons (Fsp3) is 0.400. The Morgan fingerprint density at radius 3 is 3.06 bits per heavy atom. The second kappa shape index (κ2) is 6.47. The molecule has 0 spiro atoms. The Kier molecular flexibility index (Phi) is 5.58. The number of hydrogen-bond donors (Lipinski definition) is 1. The van der Waals surface area contributed by atoms with E-state index < -0.39 is 0 Å². The van der Waals surface area contributed by atoms with Crippen molar-refractivity contribution in [2.45, 2.75) is 12.2 Å². The molecule has 0 bridgehead atoms. The third-order valence-electron chi connectivity index (χ3n) is 2.00. The normalized spacial score (nSPS) is 12.2. The summed E-state index contributed by atoms with van der Waals surface area (Å²) < 4.78 is 0.736. The van der Waals surface area contributed by atoms with Gasteiger partial charge in [0.25, 0.3) is 5.91 Å². The lowest BCUT2D eigenvalue weighted by molar-refractivity contribution is 0.0954. The largest absolute Gasteiger partial charge is 0.351 e. The van der Waals surface area contributed by atoms with E-state index in [1.165, 1.54) is 0 Å². The number of halogens is 2. The number of carbonyl (C=O) groups excluding carboxylic acids is 1. The van der Waals surface area contributed by atoms with Crippen molar-refractivity contribution in [3.8, 4) is 0 Å². The number of pyridine rings is 1. The van der Waals surface area contributed by atoms with E-state index in [2.05, 4.69) is 26.2 Å². The standard InChI is InChI=1S/C10H12BrClN2OS/c1-6(16-2)4-14-10(15)8-3-7(11)5-13-9(8)12/h3,5-6H,4H2,1-2H3,(H,14,15). The van der Waals surface area contributed by atoms with Gasteiger partial charge in [0, 0.05) is 22.5 Å². The SMILES string of the molecule is CSC(C)CNC(=O)c1cc(Br)cnc1Cl. The van der Waals surface area contributed by atoms with Crippen LogP contribution in [0.25, 0.3) is 0 Å². The first-order valence-corrected chi connectivity index (χ1v) is 7.12. The van der Waals surface area contributed by atoms with Gasteiger partial charge >= 0.3 is 0 Å². The molecule has 16 heavy (non-hydrogen) atoms. The number of rotatable bonds is 4.